The molecule has 1 aliphatic heterocycles. The van der Waals surface area contributed by atoms with Gasteiger partial charge >= 0.3 is 0 Å². The van der Waals surface area contributed by atoms with E-state index in [1.165, 1.54) is 0 Å². The summed E-state index contributed by atoms with van der Waals surface area (Å²) >= 11 is 0. The van der Waals surface area contributed by atoms with Gasteiger partial charge in [0.25, 0.3) is 0 Å². The number of likely N-dealkylation sites (tertiary alicyclic amines) is 1. The molecule has 4 nitrogen and oxygen atoms in total. The average Bonchev–Trinajstić information content (AvgIpc) is 2.21. The number of Topliss-reactive ketones (excluding diaryl/α,β-unsaturated/α-hetero) is 1. The number of hydrogen-bond donors (Lipinski definition) is 0. The van der Waals surface area contributed by atoms with E-state index in [-0.39, 0.29) is 18.5 Å². The molecule has 0 N–H and O–H groups in total. The maximum Gasteiger partial charge on any atom is 0.172 e. The Balaban J connectivity index is 2.34. The number of piperidine rings is 1. The van der Waals surface area contributed by atoms with Crippen LogP contribution in [0, 0.1) is 5.92 Å². The number of hydrogen-bond acceptors (Lipinski definition) is 4. The summed E-state index contributed by atoms with van der Waals surface area (Å²) < 4.78 is 10.2. The van der Waals surface area contributed by atoms with Crippen LogP contribution in [0.3, 0.4) is 0 Å². The number of rotatable bonds is 5. The van der Waals surface area contributed by atoms with Crippen molar-refractivity contribution >= 4 is 5.78 Å². The smallest absolute Gasteiger partial charge is 0.172 e. The summed E-state index contributed by atoms with van der Waals surface area (Å²) in [6.07, 6.45) is 1.35. The van der Waals surface area contributed by atoms with E-state index in [2.05, 4.69) is 11.8 Å². The Morgan fingerprint density at radius 3 is 2.80 bits per heavy atom. The Kier molecular flexibility index (Phi) is 5.22. The number of nitrogens with zero attached hydrogens (tertiary/aromatic N) is 1. The van der Waals surface area contributed by atoms with Crippen molar-refractivity contribution in [1.29, 1.82) is 0 Å². The van der Waals surface area contributed by atoms with Gasteiger partial charge in [-0.25, -0.2) is 0 Å². The Morgan fingerprint density at radius 2 is 2.20 bits per heavy atom. The quantitative estimate of drug-likeness (QED) is 0.671. The second-order valence-electron chi connectivity index (χ2n) is 4.25. The van der Waals surface area contributed by atoms with E-state index >= 15 is 0 Å². The fourth-order valence-corrected chi connectivity index (χ4v) is 2.00. The highest BCUT2D eigenvalue weighted by Gasteiger charge is 2.26. The van der Waals surface area contributed by atoms with E-state index in [0.717, 1.165) is 19.5 Å². The summed E-state index contributed by atoms with van der Waals surface area (Å²) in [4.78, 5) is 13.5. The molecule has 0 aliphatic carbocycles. The van der Waals surface area contributed by atoms with E-state index < -0.39 is 0 Å². The third kappa shape index (κ3) is 3.89. The van der Waals surface area contributed by atoms with Gasteiger partial charge in [0, 0.05) is 20.8 Å². The van der Waals surface area contributed by atoms with Gasteiger partial charge in [0.15, 0.2) is 5.78 Å². The van der Waals surface area contributed by atoms with E-state index in [0.29, 0.717) is 12.5 Å². The fraction of sp³-hybridized carbons (Fsp3) is 0.909. The highest BCUT2D eigenvalue weighted by atomic mass is 16.5. The van der Waals surface area contributed by atoms with E-state index in [4.69, 9.17) is 9.47 Å². The summed E-state index contributed by atoms with van der Waals surface area (Å²) in [5.41, 5.74) is 0. The molecule has 0 aromatic rings. The standard InChI is InChI=1S/C11H21NO3/c1-9-4-5-12(7-11(9)15-3)6-10(13)8-14-2/h9,11H,4-8H2,1-3H3. The number of carbonyl (C=O) groups is 1. The zero-order valence-corrected chi connectivity index (χ0v) is 9.86. The van der Waals surface area contributed by atoms with Crippen LogP contribution in [0.2, 0.25) is 0 Å². The predicted octanol–water partition coefficient (Wildman–Crippen LogP) is 0.559. The van der Waals surface area contributed by atoms with Gasteiger partial charge in [-0.05, 0) is 18.9 Å². The number of methoxy groups -OCH3 is 2. The lowest BCUT2D eigenvalue weighted by molar-refractivity contribution is -0.125. The molecule has 0 radical (unpaired) electrons. The monoisotopic (exact) mass is 215 g/mol. The van der Waals surface area contributed by atoms with E-state index in [9.17, 15) is 4.79 Å². The number of ether oxygens (including phenoxy) is 2. The van der Waals surface area contributed by atoms with Crippen LogP contribution in [0.1, 0.15) is 13.3 Å². The van der Waals surface area contributed by atoms with Crippen molar-refractivity contribution in [2.45, 2.75) is 19.4 Å². The van der Waals surface area contributed by atoms with Crippen molar-refractivity contribution in [1.82, 2.24) is 4.90 Å². The van der Waals surface area contributed by atoms with Gasteiger partial charge in [0.05, 0.1) is 12.6 Å². The van der Waals surface area contributed by atoms with Crippen LogP contribution in [-0.4, -0.2) is 57.2 Å². The van der Waals surface area contributed by atoms with Crippen LogP contribution >= 0.6 is 0 Å². The Morgan fingerprint density at radius 1 is 1.47 bits per heavy atom. The number of carbonyl (C=O) groups excluding carboxylic acids is 1. The normalized spacial score (nSPS) is 27.9. The predicted molar refractivity (Wildman–Crippen MR) is 57.9 cm³/mol. The van der Waals surface area contributed by atoms with Crippen molar-refractivity contribution in [3.8, 4) is 0 Å². The molecular formula is C11H21NO3. The van der Waals surface area contributed by atoms with Crippen LogP contribution in [0.25, 0.3) is 0 Å². The minimum absolute atomic E-state index is 0.141. The van der Waals surface area contributed by atoms with Gasteiger partial charge in [-0.15, -0.1) is 0 Å². The Bertz CT molecular complexity index is 208. The van der Waals surface area contributed by atoms with Crippen LogP contribution in [0.15, 0.2) is 0 Å². The first kappa shape index (κ1) is 12.6. The maximum atomic E-state index is 11.4. The highest BCUT2D eigenvalue weighted by molar-refractivity contribution is 5.81. The lowest BCUT2D eigenvalue weighted by Crippen LogP contribution is -2.46. The van der Waals surface area contributed by atoms with Gasteiger partial charge in [-0.3, -0.25) is 9.69 Å². The lowest BCUT2D eigenvalue weighted by Gasteiger charge is -2.35. The van der Waals surface area contributed by atoms with Gasteiger partial charge in [0.1, 0.15) is 6.61 Å². The fourth-order valence-electron chi connectivity index (χ4n) is 2.00. The molecule has 2 atom stereocenters. The number of ketones is 1. The molecule has 0 aromatic heterocycles. The molecule has 0 spiro atoms. The summed E-state index contributed by atoms with van der Waals surface area (Å²) in [5, 5.41) is 0. The average molecular weight is 215 g/mol. The van der Waals surface area contributed by atoms with Gasteiger partial charge < -0.3 is 9.47 Å². The second-order valence-corrected chi connectivity index (χ2v) is 4.25. The maximum absolute atomic E-state index is 11.4. The molecule has 0 amide bonds. The van der Waals surface area contributed by atoms with Gasteiger partial charge in [-0.2, -0.15) is 0 Å². The molecule has 15 heavy (non-hydrogen) atoms. The first-order chi connectivity index (χ1) is 7.17. The molecule has 1 saturated heterocycles. The summed E-state index contributed by atoms with van der Waals surface area (Å²) in [7, 11) is 3.29. The molecule has 1 rings (SSSR count). The van der Waals surface area contributed by atoms with E-state index in [1.807, 2.05) is 0 Å². The minimum atomic E-state index is 0.141. The summed E-state index contributed by atoms with van der Waals surface area (Å²) in [6.45, 7) is 4.73. The van der Waals surface area contributed by atoms with Gasteiger partial charge in [-0.1, -0.05) is 6.92 Å². The zero-order valence-electron chi connectivity index (χ0n) is 9.86. The molecule has 0 saturated carbocycles. The van der Waals surface area contributed by atoms with Crippen molar-refractivity contribution < 1.29 is 14.3 Å². The molecular weight excluding hydrogens is 194 g/mol. The third-order valence-electron chi connectivity index (χ3n) is 2.98. The van der Waals surface area contributed by atoms with Crippen LogP contribution in [-0.2, 0) is 14.3 Å². The minimum Gasteiger partial charge on any atom is -0.380 e. The van der Waals surface area contributed by atoms with Crippen LogP contribution < -0.4 is 0 Å². The largest absolute Gasteiger partial charge is 0.380 e. The molecule has 2 unspecified atom stereocenters. The molecule has 88 valence electrons. The second kappa shape index (κ2) is 6.20. The molecule has 4 heteroatoms. The molecule has 1 aliphatic rings. The molecule has 1 fully saturated rings. The third-order valence-corrected chi connectivity index (χ3v) is 2.98. The van der Waals surface area contributed by atoms with Crippen molar-refractivity contribution in [3.63, 3.8) is 0 Å². The van der Waals surface area contributed by atoms with Crippen molar-refractivity contribution in [3.05, 3.63) is 0 Å². The van der Waals surface area contributed by atoms with Gasteiger partial charge in [0.2, 0.25) is 0 Å². The Hall–Kier alpha value is -0.450. The van der Waals surface area contributed by atoms with Crippen LogP contribution in [0.4, 0.5) is 0 Å². The zero-order chi connectivity index (χ0) is 11.3. The Labute approximate surface area is 91.5 Å². The highest BCUT2D eigenvalue weighted by Crippen LogP contribution is 2.18. The summed E-state index contributed by atoms with van der Waals surface area (Å²) in [6, 6.07) is 0. The van der Waals surface area contributed by atoms with E-state index in [1.54, 1.807) is 14.2 Å². The molecule has 1 heterocycles. The first-order valence-electron chi connectivity index (χ1n) is 5.43. The SMILES string of the molecule is COCC(=O)CN1CCC(C)C(OC)C1. The van der Waals surface area contributed by atoms with Crippen molar-refractivity contribution in [2.75, 3.05) is 40.5 Å². The summed E-state index contributed by atoms with van der Waals surface area (Å²) in [5.74, 6) is 0.727. The molecule has 0 aromatic carbocycles. The first-order valence-corrected chi connectivity index (χ1v) is 5.43. The topological polar surface area (TPSA) is 38.8 Å². The molecule has 0 bridgehead atoms. The lowest BCUT2D eigenvalue weighted by atomic mass is 9.96. The van der Waals surface area contributed by atoms with Crippen LogP contribution in [0.5, 0.6) is 0 Å². The van der Waals surface area contributed by atoms with Crippen molar-refractivity contribution in [2.24, 2.45) is 5.92 Å².